The van der Waals surface area contributed by atoms with Gasteiger partial charge in [-0.3, -0.25) is 9.78 Å². The van der Waals surface area contributed by atoms with E-state index in [1.807, 2.05) is 29.3 Å². The number of carbonyl (C=O) groups is 1. The molecule has 0 saturated carbocycles. The monoisotopic (exact) mass is 226 g/mol. The van der Waals surface area contributed by atoms with Crippen molar-refractivity contribution >= 4 is 17.3 Å². The molecule has 1 atom stereocenters. The van der Waals surface area contributed by atoms with Crippen molar-refractivity contribution in [1.82, 2.24) is 9.88 Å². The summed E-state index contributed by atoms with van der Waals surface area (Å²) in [6, 6.07) is 10.4. The van der Waals surface area contributed by atoms with Crippen molar-refractivity contribution in [1.29, 1.82) is 0 Å². The lowest BCUT2D eigenvalue weighted by atomic mass is 10.0. The molecule has 2 heterocycles. The Balaban J connectivity index is 2.02. The van der Waals surface area contributed by atoms with Crippen LogP contribution < -0.4 is 0 Å². The number of carbonyl (C=O) groups excluding carboxylic acids is 1. The molecule has 0 bridgehead atoms. The first-order valence-corrected chi connectivity index (χ1v) is 5.94. The van der Waals surface area contributed by atoms with Gasteiger partial charge in [-0.2, -0.15) is 0 Å². The van der Waals surface area contributed by atoms with Gasteiger partial charge in [0.05, 0.1) is 11.6 Å². The number of rotatable bonds is 2. The Morgan fingerprint density at radius 3 is 3.12 bits per heavy atom. The Labute approximate surface area is 100 Å². The Bertz CT molecular complexity index is 553. The van der Waals surface area contributed by atoms with Gasteiger partial charge in [-0.15, -0.1) is 0 Å². The number of hydrogen-bond donors (Lipinski definition) is 0. The predicted octanol–water partition coefficient (Wildman–Crippen LogP) is 2.53. The first-order valence-electron chi connectivity index (χ1n) is 5.94. The molecule has 0 spiro atoms. The van der Waals surface area contributed by atoms with Crippen molar-refractivity contribution in [3.63, 3.8) is 0 Å². The lowest BCUT2D eigenvalue weighted by Crippen LogP contribution is -2.21. The van der Waals surface area contributed by atoms with E-state index < -0.39 is 0 Å². The minimum atomic E-state index is 0.213. The highest BCUT2D eigenvalue weighted by Gasteiger charge is 2.24. The molecule has 0 radical (unpaired) electrons. The fourth-order valence-electron chi connectivity index (χ4n) is 2.54. The summed E-state index contributed by atoms with van der Waals surface area (Å²) < 4.78 is 0. The lowest BCUT2D eigenvalue weighted by Gasteiger charge is -2.20. The Kier molecular flexibility index (Phi) is 2.52. The summed E-state index contributed by atoms with van der Waals surface area (Å²) in [5.41, 5.74) is 2.15. The van der Waals surface area contributed by atoms with E-state index in [-0.39, 0.29) is 6.04 Å². The van der Waals surface area contributed by atoms with Gasteiger partial charge in [-0.1, -0.05) is 18.2 Å². The second-order valence-corrected chi connectivity index (χ2v) is 4.46. The molecule has 3 nitrogen and oxygen atoms in total. The zero-order valence-corrected chi connectivity index (χ0v) is 9.54. The molecule has 17 heavy (non-hydrogen) atoms. The van der Waals surface area contributed by atoms with E-state index in [2.05, 4.69) is 17.1 Å². The number of para-hydroxylation sites is 1. The van der Waals surface area contributed by atoms with Crippen molar-refractivity contribution in [2.75, 3.05) is 6.54 Å². The van der Waals surface area contributed by atoms with Crippen LogP contribution in [0.1, 0.15) is 24.4 Å². The summed E-state index contributed by atoms with van der Waals surface area (Å²) in [5, 5.41) is 1.14. The van der Waals surface area contributed by atoms with E-state index in [1.165, 1.54) is 0 Å². The van der Waals surface area contributed by atoms with Crippen molar-refractivity contribution in [3.8, 4) is 0 Å². The molecule has 1 aliphatic heterocycles. The second kappa shape index (κ2) is 4.17. The van der Waals surface area contributed by atoms with Crippen molar-refractivity contribution in [2.45, 2.75) is 18.9 Å². The molecular weight excluding hydrogens is 212 g/mol. The molecule has 1 fully saturated rings. The second-order valence-electron chi connectivity index (χ2n) is 4.46. The highest BCUT2D eigenvalue weighted by atomic mass is 16.1. The van der Waals surface area contributed by atoms with Crippen LogP contribution in [0.3, 0.4) is 0 Å². The van der Waals surface area contributed by atoms with Crippen LogP contribution in [0.25, 0.3) is 10.9 Å². The van der Waals surface area contributed by atoms with Crippen LogP contribution >= 0.6 is 0 Å². The molecule has 1 aromatic carbocycles. The number of fused-ring (bicyclic) bond motifs is 1. The molecule has 0 N–H and O–H groups in total. The molecule has 3 heteroatoms. The van der Waals surface area contributed by atoms with Crippen molar-refractivity contribution < 1.29 is 4.79 Å². The average molecular weight is 226 g/mol. The Hall–Kier alpha value is -1.90. The summed E-state index contributed by atoms with van der Waals surface area (Å²) in [6.07, 6.45) is 4.97. The molecule has 3 rings (SSSR count). The van der Waals surface area contributed by atoms with Gasteiger partial charge in [0.25, 0.3) is 0 Å². The van der Waals surface area contributed by atoms with Gasteiger partial charge in [0, 0.05) is 18.1 Å². The number of nitrogens with zero attached hydrogens (tertiary/aromatic N) is 2. The maximum Gasteiger partial charge on any atom is 0.210 e. The van der Waals surface area contributed by atoms with Crippen molar-refractivity contribution in [3.05, 3.63) is 42.1 Å². The highest BCUT2D eigenvalue weighted by molar-refractivity contribution is 5.78. The van der Waals surface area contributed by atoms with E-state index in [9.17, 15) is 4.79 Å². The predicted molar refractivity (Wildman–Crippen MR) is 66.5 cm³/mol. The fraction of sp³-hybridized carbons (Fsp3) is 0.286. The van der Waals surface area contributed by atoms with Crippen LogP contribution in [0.4, 0.5) is 0 Å². The van der Waals surface area contributed by atoms with Crippen LogP contribution in [0.15, 0.2) is 36.5 Å². The third kappa shape index (κ3) is 1.78. The van der Waals surface area contributed by atoms with Crippen LogP contribution in [0, 0.1) is 0 Å². The number of likely N-dealkylation sites (tertiary alicyclic amines) is 1. The van der Waals surface area contributed by atoms with Crippen LogP contribution in [0.5, 0.6) is 0 Å². The third-order valence-electron chi connectivity index (χ3n) is 3.43. The summed E-state index contributed by atoms with van der Waals surface area (Å²) in [5.74, 6) is 0. The fourth-order valence-corrected chi connectivity index (χ4v) is 2.54. The Morgan fingerprint density at radius 1 is 1.35 bits per heavy atom. The minimum Gasteiger partial charge on any atom is -0.338 e. The largest absolute Gasteiger partial charge is 0.338 e. The highest BCUT2D eigenvalue weighted by Crippen LogP contribution is 2.31. The van der Waals surface area contributed by atoms with E-state index in [4.69, 9.17) is 0 Å². The minimum absolute atomic E-state index is 0.213. The van der Waals surface area contributed by atoms with Gasteiger partial charge in [-0.05, 0) is 30.5 Å². The number of amides is 1. The lowest BCUT2D eigenvalue weighted by molar-refractivity contribution is -0.118. The van der Waals surface area contributed by atoms with Crippen LogP contribution in [-0.2, 0) is 4.79 Å². The summed E-state index contributed by atoms with van der Waals surface area (Å²) in [4.78, 5) is 17.3. The average Bonchev–Trinajstić information content (AvgIpc) is 2.86. The molecule has 1 saturated heterocycles. The quantitative estimate of drug-likeness (QED) is 0.737. The first-order chi connectivity index (χ1) is 8.38. The number of hydrogen-bond acceptors (Lipinski definition) is 2. The number of benzene rings is 1. The van der Waals surface area contributed by atoms with Gasteiger partial charge in [-0.25, -0.2) is 0 Å². The molecule has 2 aromatic rings. The summed E-state index contributed by atoms with van der Waals surface area (Å²) >= 11 is 0. The summed E-state index contributed by atoms with van der Waals surface area (Å²) in [7, 11) is 0. The molecule has 86 valence electrons. The van der Waals surface area contributed by atoms with Gasteiger partial charge in [0.2, 0.25) is 6.41 Å². The topological polar surface area (TPSA) is 33.2 Å². The van der Waals surface area contributed by atoms with Crippen molar-refractivity contribution in [2.24, 2.45) is 0 Å². The summed E-state index contributed by atoms with van der Waals surface area (Å²) in [6.45, 7) is 0.862. The van der Waals surface area contributed by atoms with E-state index in [0.29, 0.717) is 0 Å². The molecule has 1 aliphatic rings. The number of pyridine rings is 1. The maximum absolute atomic E-state index is 11.0. The maximum atomic E-state index is 11.0. The third-order valence-corrected chi connectivity index (χ3v) is 3.43. The van der Waals surface area contributed by atoms with Crippen LogP contribution in [0.2, 0.25) is 0 Å². The zero-order valence-electron chi connectivity index (χ0n) is 9.54. The van der Waals surface area contributed by atoms with Gasteiger partial charge < -0.3 is 4.90 Å². The molecule has 0 aliphatic carbocycles. The molecule has 1 amide bonds. The SMILES string of the molecule is O=CN1CCC[C@H]1c1cnc2ccccc2c1. The molecule has 0 unspecified atom stereocenters. The first kappa shape index (κ1) is 10.3. The standard InChI is InChI=1S/C14H14N2O/c17-10-16-7-3-6-14(16)12-8-11-4-1-2-5-13(11)15-9-12/h1-2,4-5,8-10,14H,3,6-7H2/t14-/m0/s1. The Morgan fingerprint density at radius 2 is 2.24 bits per heavy atom. The van der Waals surface area contributed by atoms with Gasteiger partial charge in [0.15, 0.2) is 0 Å². The van der Waals surface area contributed by atoms with Gasteiger partial charge in [0.1, 0.15) is 0 Å². The molecule has 1 aromatic heterocycles. The van der Waals surface area contributed by atoms with E-state index >= 15 is 0 Å². The normalized spacial score (nSPS) is 19.8. The molecular formula is C14H14N2O. The van der Waals surface area contributed by atoms with Gasteiger partial charge >= 0.3 is 0 Å². The van der Waals surface area contributed by atoms with Crippen LogP contribution in [-0.4, -0.2) is 22.8 Å². The number of aromatic nitrogens is 1. The smallest absolute Gasteiger partial charge is 0.210 e. The van der Waals surface area contributed by atoms with E-state index in [0.717, 1.165) is 42.3 Å². The van der Waals surface area contributed by atoms with E-state index in [1.54, 1.807) is 0 Å². The zero-order chi connectivity index (χ0) is 11.7.